The molecule has 0 spiro atoms. The zero-order chi connectivity index (χ0) is 12.4. The molecule has 0 saturated carbocycles. The molecular weight excluding hydrogens is 221 g/mol. The van der Waals surface area contributed by atoms with Gasteiger partial charge >= 0.3 is 0 Å². The molecule has 0 aliphatic rings. The van der Waals surface area contributed by atoms with Crippen LogP contribution in [0.3, 0.4) is 0 Å². The molecule has 1 heterocycles. The Morgan fingerprint density at radius 2 is 2.18 bits per heavy atom. The highest BCUT2D eigenvalue weighted by Crippen LogP contribution is 2.21. The van der Waals surface area contributed by atoms with Crippen molar-refractivity contribution in [2.45, 2.75) is 26.3 Å². The van der Waals surface area contributed by atoms with Gasteiger partial charge in [-0.2, -0.15) is 4.98 Å². The van der Waals surface area contributed by atoms with Crippen LogP contribution < -0.4 is 5.73 Å². The van der Waals surface area contributed by atoms with Crippen molar-refractivity contribution in [2.24, 2.45) is 5.73 Å². The largest absolute Gasteiger partial charge is 0.337 e. The number of rotatable bonds is 3. The van der Waals surface area contributed by atoms with E-state index in [-0.39, 0.29) is 11.9 Å². The average molecular weight is 235 g/mol. The van der Waals surface area contributed by atoms with E-state index in [2.05, 4.69) is 10.1 Å². The maximum absolute atomic E-state index is 13.2. The van der Waals surface area contributed by atoms with Gasteiger partial charge in [-0.15, -0.1) is 0 Å². The molecule has 0 bridgehead atoms. The van der Waals surface area contributed by atoms with Crippen LogP contribution in [0.25, 0.3) is 11.4 Å². The molecule has 2 aromatic rings. The first-order chi connectivity index (χ1) is 8.10. The van der Waals surface area contributed by atoms with Crippen LogP contribution in [-0.2, 0) is 0 Å². The Kier molecular flexibility index (Phi) is 3.19. The van der Waals surface area contributed by atoms with E-state index in [1.165, 1.54) is 12.1 Å². The van der Waals surface area contributed by atoms with Gasteiger partial charge in [0, 0.05) is 5.56 Å². The molecule has 0 saturated heterocycles. The number of hydrogen-bond donors (Lipinski definition) is 1. The van der Waals surface area contributed by atoms with E-state index in [1.54, 1.807) is 6.07 Å². The van der Waals surface area contributed by atoms with Crippen molar-refractivity contribution in [1.82, 2.24) is 10.1 Å². The predicted molar refractivity (Wildman–Crippen MR) is 61.6 cm³/mol. The van der Waals surface area contributed by atoms with Gasteiger partial charge < -0.3 is 10.3 Å². The second-order valence-corrected chi connectivity index (χ2v) is 3.99. The van der Waals surface area contributed by atoms with Crippen LogP contribution in [0.4, 0.5) is 4.39 Å². The van der Waals surface area contributed by atoms with Gasteiger partial charge in [-0.25, -0.2) is 4.39 Å². The van der Waals surface area contributed by atoms with E-state index in [4.69, 9.17) is 10.3 Å². The van der Waals surface area contributed by atoms with Crippen LogP contribution in [0.5, 0.6) is 0 Å². The third kappa shape index (κ3) is 2.50. The van der Waals surface area contributed by atoms with Crippen molar-refractivity contribution < 1.29 is 8.91 Å². The Morgan fingerprint density at radius 1 is 1.41 bits per heavy atom. The van der Waals surface area contributed by atoms with Gasteiger partial charge in [0.05, 0.1) is 6.04 Å². The second-order valence-electron chi connectivity index (χ2n) is 3.99. The molecule has 0 aliphatic carbocycles. The van der Waals surface area contributed by atoms with Crippen molar-refractivity contribution in [3.63, 3.8) is 0 Å². The Morgan fingerprint density at radius 3 is 2.82 bits per heavy atom. The van der Waals surface area contributed by atoms with Crippen molar-refractivity contribution in [3.8, 4) is 11.4 Å². The molecule has 1 unspecified atom stereocenters. The van der Waals surface area contributed by atoms with Crippen molar-refractivity contribution in [1.29, 1.82) is 0 Å². The normalized spacial score (nSPS) is 12.7. The number of nitrogens with zero attached hydrogens (tertiary/aromatic N) is 2. The number of benzene rings is 1. The van der Waals surface area contributed by atoms with Crippen molar-refractivity contribution in [2.75, 3.05) is 0 Å². The summed E-state index contributed by atoms with van der Waals surface area (Å²) in [4.78, 5) is 4.16. The lowest BCUT2D eigenvalue weighted by atomic mass is 10.1. The maximum atomic E-state index is 13.2. The number of aryl methyl sites for hydroxylation is 1. The molecule has 90 valence electrons. The van der Waals surface area contributed by atoms with Crippen LogP contribution in [0.15, 0.2) is 22.7 Å². The topological polar surface area (TPSA) is 64.9 Å². The molecule has 1 atom stereocenters. The predicted octanol–water partition coefficient (Wildman–Crippen LogP) is 2.59. The summed E-state index contributed by atoms with van der Waals surface area (Å²) in [6.07, 6.45) is 0.712. The standard InChI is InChI=1S/C12H14FN3O/c1-3-10(14)12-15-11(16-17-12)8-4-7(2)5-9(13)6-8/h4-6,10H,3,14H2,1-2H3. The SMILES string of the molecule is CCC(N)c1nc(-c2cc(C)cc(F)c2)no1. The van der Waals surface area contributed by atoms with E-state index < -0.39 is 0 Å². The number of halogens is 1. The Labute approximate surface area is 98.6 Å². The molecule has 17 heavy (non-hydrogen) atoms. The molecule has 1 aromatic carbocycles. The zero-order valence-corrected chi connectivity index (χ0v) is 9.77. The number of nitrogens with two attached hydrogens (primary N) is 1. The van der Waals surface area contributed by atoms with Crippen LogP contribution >= 0.6 is 0 Å². The lowest BCUT2D eigenvalue weighted by Gasteiger charge is -1.99. The first-order valence-corrected chi connectivity index (χ1v) is 5.47. The first-order valence-electron chi connectivity index (χ1n) is 5.47. The summed E-state index contributed by atoms with van der Waals surface area (Å²) in [6.45, 7) is 3.74. The van der Waals surface area contributed by atoms with E-state index >= 15 is 0 Å². The summed E-state index contributed by atoms with van der Waals surface area (Å²) in [5, 5.41) is 3.80. The van der Waals surface area contributed by atoms with Crippen molar-refractivity contribution >= 4 is 0 Å². The van der Waals surface area contributed by atoms with E-state index in [0.717, 1.165) is 5.56 Å². The molecule has 5 heteroatoms. The minimum atomic E-state index is -0.314. The van der Waals surface area contributed by atoms with Crippen molar-refractivity contribution in [3.05, 3.63) is 35.5 Å². The molecule has 1 aromatic heterocycles. The molecule has 0 radical (unpaired) electrons. The zero-order valence-electron chi connectivity index (χ0n) is 9.77. The quantitative estimate of drug-likeness (QED) is 0.888. The molecule has 4 nitrogen and oxygen atoms in total. The van der Waals surface area contributed by atoms with Crippen LogP contribution in [0, 0.1) is 12.7 Å². The fraction of sp³-hybridized carbons (Fsp3) is 0.333. The molecular formula is C12H14FN3O. The lowest BCUT2D eigenvalue weighted by molar-refractivity contribution is 0.352. The van der Waals surface area contributed by atoms with Crippen LogP contribution in [0.1, 0.15) is 30.8 Å². The van der Waals surface area contributed by atoms with E-state index in [0.29, 0.717) is 23.7 Å². The highest BCUT2D eigenvalue weighted by Gasteiger charge is 2.14. The number of hydrogen-bond acceptors (Lipinski definition) is 4. The fourth-order valence-electron chi connectivity index (χ4n) is 1.54. The summed E-state index contributed by atoms with van der Waals surface area (Å²) in [5.74, 6) is 0.432. The van der Waals surface area contributed by atoms with Crippen LogP contribution in [-0.4, -0.2) is 10.1 Å². The minimum absolute atomic E-state index is 0.272. The Hall–Kier alpha value is -1.75. The summed E-state index contributed by atoms with van der Waals surface area (Å²) in [5.41, 5.74) is 7.18. The summed E-state index contributed by atoms with van der Waals surface area (Å²) in [7, 11) is 0. The molecule has 2 N–H and O–H groups in total. The van der Waals surface area contributed by atoms with Gasteiger partial charge in [-0.05, 0) is 37.1 Å². The maximum Gasteiger partial charge on any atom is 0.243 e. The molecule has 2 rings (SSSR count). The summed E-state index contributed by atoms with van der Waals surface area (Å²) >= 11 is 0. The summed E-state index contributed by atoms with van der Waals surface area (Å²) in [6, 6.07) is 4.35. The van der Waals surface area contributed by atoms with E-state index in [9.17, 15) is 4.39 Å². The third-order valence-electron chi connectivity index (χ3n) is 2.50. The van der Waals surface area contributed by atoms with Crippen LogP contribution in [0.2, 0.25) is 0 Å². The Balaban J connectivity index is 2.36. The fourth-order valence-corrected chi connectivity index (χ4v) is 1.54. The monoisotopic (exact) mass is 235 g/mol. The molecule has 0 aliphatic heterocycles. The van der Waals surface area contributed by atoms with Gasteiger partial charge in [0.2, 0.25) is 11.7 Å². The minimum Gasteiger partial charge on any atom is -0.337 e. The van der Waals surface area contributed by atoms with Gasteiger partial charge in [0.15, 0.2) is 0 Å². The third-order valence-corrected chi connectivity index (χ3v) is 2.50. The molecule has 0 fully saturated rings. The summed E-state index contributed by atoms with van der Waals surface area (Å²) < 4.78 is 18.3. The highest BCUT2D eigenvalue weighted by atomic mass is 19.1. The second kappa shape index (κ2) is 4.63. The first kappa shape index (κ1) is 11.7. The van der Waals surface area contributed by atoms with Gasteiger partial charge in [-0.1, -0.05) is 12.1 Å². The average Bonchev–Trinajstić information content (AvgIpc) is 2.76. The lowest BCUT2D eigenvalue weighted by Crippen LogP contribution is -2.08. The van der Waals surface area contributed by atoms with Gasteiger partial charge in [-0.3, -0.25) is 0 Å². The van der Waals surface area contributed by atoms with E-state index in [1.807, 2.05) is 13.8 Å². The highest BCUT2D eigenvalue weighted by molar-refractivity contribution is 5.55. The molecule has 0 amide bonds. The smallest absolute Gasteiger partial charge is 0.243 e. The van der Waals surface area contributed by atoms with Gasteiger partial charge in [0.1, 0.15) is 5.82 Å². The van der Waals surface area contributed by atoms with Gasteiger partial charge in [0.25, 0.3) is 0 Å². The number of aromatic nitrogens is 2. The Bertz CT molecular complexity index is 504.